The number of rotatable bonds is 3. The van der Waals surface area contributed by atoms with E-state index in [2.05, 4.69) is 31.0 Å². The van der Waals surface area contributed by atoms with E-state index in [-0.39, 0.29) is 0 Å². The van der Waals surface area contributed by atoms with Crippen LogP contribution in [0.3, 0.4) is 0 Å². The number of nitrogens with zero attached hydrogens (tertiary/aromatic N) is 5. The highest BCUT2D eigenvalue weighted by Crippen LogP contribution is 2.17. The fourth-order valence-corrected chi connectivity index (χ4v) is 2.49. The molecule has 0 aromatic carbocycles. The van der Waals surface area contributed by atoms with Crippen LogP contribution in [0.15, 0.2) is 30.6 Å². The number of piperazine rings is 1. The van der Waals surface area contributed by atoms with E-state index in [1.165, 1.54) is 0 Å². The largest absolute Gasteiger partial charge is 0.353 e. The zero-order chi connectivity index (χ0) is 14.7. The quantitative estimate of drug-likeness (QED) is 0.905. The molecule has 2 aromatic heterocycles. The third kappa shape index (κ3) is 3.11. The van der Waals surface area contributed by atoms with Crippen LogP contribution < -0.4 is 15.5 Å². The molecule has 3 rings (SSSR count). The van der Waals surface area contributed by atoms with E-state index in [0.717, 1.165) is 48.9 Å². The summed E-state index contributed by atoms with van der Waals surface area (Å²) in [4.78, 5) is 9.04. The first-order valence-electron chi connectivity index (χ1n) is 7.20. The predicted octanol–water partition coefficient (Wildman–Crippen LogP) is 0.965. The number of hydrogen-bond donors (Lipinski definition) is 1. The Morgan fingerprint density at radius 1 is 1.05 bits per heavy atom. The zero-order valence-corrected chi connectivity index (χ0v) is 12.2. The van der Waals surface area contributed by atoms with Gasteiger partial charge in [-0.15, -0.1) is 5.10 Å². The number of pyridine rings is 1. The van der Waals surface area contributed by atoms with Crippen LogP contribution >= 0.6 is 0 Å². The number of nitrogens with two attached hydrogens (primary N) is 1. The van der Waals surface area contributed by atoms with Gasteiger partial charge in [-0.1, -0.05) is 6.07 Å². The van der Waals surface area contributed by atoms with E-state index >= 15 is 0 Å². The lowest BCUT2D eigenvalue weighted by Gasteiger charge is -2.35. The lowest BCUT2D eigenvalue weighted by molar-refractivity contribution is 0.637. The van der Waals surface area contributed by atoms with Crippen LogP contribution in [0.1, 0.15) is 11.1 Å². The van der Waals surface area contributed by atoms with Gasteiger partial charge in [0, 0.05) is 38.9 Å². The van der Waals surface area contributed by atoms with Crippen LogP contribution in [0, 0.1) is 6.92 Å². The Kier molecular flexibility index (Phi) is 3.96. The highest BCUT2D eigenvalue weighted by atomic mass is 15.3. The van der Waals surface area contributed by atoms with E-state index in [0.29, 0.717) is 6.54 Å². The molecule has 3 heterocycles. The molecule has 21 heavy (non-hydrogen) atoms. The van der Waals surface area contributed by atoms with Crippen molar-refractivity contribution >= 4 is 11.6 Å². The molecule has 1 saturated heterocycles. The smallest absolute Gasteiger partial charge is 0.151 e. The van der Waals surface area contributed by atoms with Crippen LogP contribution in [-0.4, -0.2) is 41.4 Å². The van der Waals surface area contributed by atoms with Crippen LogP contribution in [0.25, 0.3) is 0 Å². The summed E-state index contributed by atoms with van der Waals surface area (Å²) in [5.41, 5.74) is 7.80. The van der Waals surface area contributed by atoms with Crippen LogP contribution in [0.5, 0.6) is 0 Å². The van der Waals surface area contributed by atoms with Gasteiger partial charge >= 0.3 is 0 Å². The SMILES string of the molecule is Cc1cnnc(N2CCN(c3ccc(CN)cn3)CC2)c1. The van der Waals surface area contributed by atoms with Gasteiger partial charge < -0.3 is 15.5 Å². The molecule has 2 aromatic rings. The first-order chi connectivity index (χ1) is 10.3. The minimum atomic E-state index is 0.535. The summed E-state index contributed by atoms with van der Waals surface area (Å²) in [6.45, 7) is 6.30. The first kappa shape index (κ1) is 13.8. The maximum Gasteiger partial charge on any atom is 0.151 e. The van der Waals surface area contributed by atoms with Crippen molar-refractivity contribution in [2.24, 2.45) is 5.73 Å². The van der Waals surface area contributed by atoms with Gasteiger partial charge in [0.25, 0.3) is 0 Å². The van der Waals surface area contributed by atoms with Crippen molar-refractivity contribution in [1.82, 2.24) is 15.2 Å². The predicted molar refractivity (Wildman–Crippen MR) is 83.3 cm³/mol. The van der Waals surface area contributed by atoms with E-state index in [4.69, 9.17) is 5.73 Å². The van der Waals surface area contributed by atoms with Gasteiger partial charge in [0.1, 0.15) is 5.82 Å². The third-order valence-corrected chi connectivity index (χ3v) is 3.75. The number of anilines is 2. The summed E-state index contributed by atoms with van der Waals surface area (Å²) in [7, 11) is 0. The van der Waals surface area contributed by atoms with Gasteiger partial charge in [-0.2, -0.15) is 5.10 Å². The van der Waals surface area contributed by atoms with Crippen molar-refractivity contribution in [3.8, 4) is 0 Å². The maximum atomic E-state index is 5.60. The summed E-state index contributed by atoms with van der Waals surface area (Å²) in [6, 6.07) is 6.17. The maximum absolute atomic E-state index is 5.60. The van der Waals surface area contributed by atoms with Gasteiger partial charge in [0.2, 0.25) is 0 Å². The second kappa shape index (κ2) is 6.05. The van der Waals surface area contributed by atoms with Gasteiger partial charge in [-0.3, -0.25) is 0 Å². The normalized spacial score (nSPS) is 15.3. The Balaban J connectivity index is 1.64. The molecule has 0 spiro atoms. The molecule has 1 fully saturated rings. The molecule has 6 heteroatoms. The van der Waals surface area contributed by atoms with Crippen molar-refractivity contribution in [3.05, 3.63) is 41.7 Å². The second-order valence-corrected chi connectivity index (χ2v) is 5.29. The highest BCUT2D eigenvalue weighted by molar-refractivity contribution is 5.45. The molecule has 110 valence electrons. The number of aryl methyl sites for hydroxylation is 1. The number of hydrogen-bond acceptors (Lipinski definition) is 6. The second-order valence-electron chi connectivity index (χ2n) is 5.29. The van der Waals surface area contributed by atoms with Crippen molar-refractivity contribution in [3.63, 3.8) is 0 Å². The monoisotopic (exact) mass is 284 g/mol. The first-order valence-corrected chi connectivity index (χ1v) is 7.20. The fourth-order valence-electron chi connectivity index (χ4n) is 2.49. The summed E-state index contributed by atoms with van der Waals surface area (Å²) in [5, 5.41) is 8.24. The molecule has 0 aliphatic carbocycles. The van der Waals surface area contributed by atoms with Crippen molar-refractivity contribution < 1.29 is 0 Å². The topological polar surface area (TPSA) is 71.2 Å². The molecule has 0 radical (unpaired) electrons. The van der Waals surface area contributed by atoms with Crippen molar-refractivity contribution in [2.45, 2.75) is 13.5 Å². The fraction of sp³-hybridized carbons (Fsp3) is 0.400. The Labute approximate surface area is 124 Å². The molecule has 0 bridgehead atoms. The molecule has 0 unspecified atom stereocenters. The van der Waals surface area contributed by atoms with Crippen LogP contribution in [0.2, 0.25) is 0 Å². The molecule has 0 saturated carbocycles. The molecule has 0 atom stereocenters. The lowest BCUT2D eigenvalue weighted by Crippen LogP contribution is -2.47. The Hall–Kier alpha value is -2.21. The standard InChI is InChI=1S/C15H20N6/c1-12-8-15(19-18-10-12)21-6-4-20(5-7-21)14-3-2-13(9-16)11-17-14/h2-3,8,10-11H,4-7,9,16H2,1H3. The number of aromatic nitrogens is 3. The molecule has 0 amide bonds. The highest BCUT2D eigenvalue weighted by Gasteiger charge is 2.19. The van der Waals surface area contributed by atoms with E-state index in [1.54, 1.807) is 6.20 Å². The average molecular weight is 284 g/mol. The molecule has 1 aliphatic rings. The summed E-state index contributed by atoms with van der Waals surface area (Å²) >= 11 is 0. The van der Waals surface area contributed by atoms with E-state index in [1.807, 2.05) is 25.3 Å². The summed E-state index contributed by atoms with van der Waals surface area (Å²) in [6.07, 6.45) is 3.64. The molecule has 1 aliphatic heterocycles. The zero-order valence-electron chi connectivity index (χ0n) is 12.2. The Bertz CT molecular complexity index is 589. The van der Waals surface area contributed by atoms with E-state index in [9.17, 15) is 0 Å². The van der Waals surface area contributed by atoms with Gasteiger partial charge in [0.05, 0.1) is 6.20 Å². The summed E-state index contributed by atoms with van der Waals surface area (Å²) in [5.74, 6) is 1.98. The average Bonchev–Trinajstić information content (AvgIpc) is 2.55. The van der Waals surface area contributed by atoms with Gasteiger partial charge in [-0.05, 0) is 30.2 Å². The van der Waals surface area contributed by atoms with Crippen LogP contribution in [-0.2, 0) is 6.54 Å². The lowest BCUT2D eigenvalue weighted by atomic mass is 10.2. The van der Waals surface area contributed by atoms with Crippen molar-refractivity contribution in [2.75, 3.05) is 36.0 Å². The summed E-state index contributed by atoms with van der Waals surface area (Å²) < 4.78 is 0. The molecular formula is C15H20N6. The molecule has 2 N–H and O–H groups in total. The van der Waals surface area contributed by atoms with Crippen molar-refractivity contribution in [1.29, 1.82) is 0 Å². The minimum Gasteiger partial charge on any atom is -0.353 e. The molecular weight excluding hydrogens is 264 g/mol. The van der Waals surface area contributed by atoms with Gasteiger partial charge in [-0.25, -0.2) is 4.98 Å². The minimum absolute atomic E-state index is 0.535. The Morgan fingerprint density at radius 2 is 1.76 bits per heavy atom. The Morgan fingerprint density at radius 3 is 2.33 bits per heavy atom. The van der Waals surface area contributed by atoms with Gasteiger partial charge in [0.15, 0.2) is 5.82 Å². The van der Waals surface area contributed by atoms with E-state index < -0.39 is 0 Å². The molecule has 6 nitrogen and oxygen atoms in total. The van der Waals surface area contributed by atoms with Crippen LogP contribution in [0.4, 0.5) is 11.6 Å². The third-order valence-electron chi connectivity index (χ3n) is 3.75.